The van der Waals surface area contributed by atoms with Gasteiger partial charge in [-0.3, -0.25) is 19.3 Å². The average molecular weight is 554 g/mol. The van der Waals surface area contributed by atoms with E-state index in [1.54, 1.807) is 36.7 Å². The summed E-state index contributed by atoms with van der Waals surface area (Å²) in [5.41, 5.74) is 0.516. The molecule has 0 unspecified atom stereocenters. The van der Waals surface area contributed by atoms with Gasteiger partial charge in [-0.25, -0.2) is 9.37 Å². The summed E-state index contributed by atoms with van der Waals surface area (Å²) in [4.78, 5) is 35.0. The van der Waals surface area contributed by atoms with Crippen LogP contribution in [0.1, 0.15) is 30.4 Å². The summed E-state index contributed by atoms with van der Waals surface area (Å²) in [5.74, 6) is 1.26. The molecule has 2 aromatic carbocycles. The molecule has 0 aliphatic carbocycles. The van der Waals surface area contributed by atoms with Crippen molar-refractivity contribution in [3.63, 3.8) is 0 Å². The number of aromatic nitrogens is 4. The number of nitrogens with zero attached hydrogens (tertiary/aromatic N) is 4. The Kier molecular flexibility index (Phi) is 6.76. The second-order valence-corrected chi connectivity index (χ2v) is 9.56. The zero-order chi connectivity index (χ0) is 28.5. The summed E-state index contributed by atoms with van der Waals surface area (Å²) in [7, 11) is 0. The highest BCUT2D eigenvalue weighted by molar-refractivity contribution is 6.02. The maximum atomic E-state index is 13.5. The van der Waals surface area contributed by atoms with E-state index < -0.39 is 17.2 Å². The fraction of sp³-hybridized carbons (Fsp3) is 0.167. The molecule has 6 rings (SSSR count). The molecule has 11 heteroatoms. The molecule has 0 fully saturated rings. The molecule has 41 heavy (non-hydrogen) atoms. The van der Waals surface area contributed by atoms with Crippen LogP contribution in [0.4, 0.5) is 10.2 Å². The molecule has 206 valence electrons. The Balaban J connectivity index is 1.24. The van der Waals surface area contributed by atoms with E-state index in [-0.39, 0.29) is 23.1 Å². The summed E-state index contributed by atoms with van der Waals surface area (Å²) in [5, 5.41) is 7.61. The van der Waals surface area contributed by atoms with Gasteiger partial charge in [0.2, 0.25) is 5.43 Å². The molecule has 4 heterocycles. The lowest BCUT2D eigenvalue weighted by Crippen LogP contribution is -2.28. The number of amides is 1. The Morgan fingerprint density at radius 3 is 2.49 bits per heavy atom. The minimum atomic E-state index is -0.721. The van der Waals surface area contributed by atoms with Crippen LogP contribution in [-0.2, 0) is 0 Å². The maximum Gasteiger partial charge on any atom is 0.281 e. The van der Waals surface area contributed by atoms with Crippen LogP contribution in [0.15, 0.2) is 78.0 Å². The number of hydrogen-bond acceptors (Lipinski definition) is 8. The van der Waals surface area contributed by atoms with Crippen LogP contribution in [0.25, 0.3) is 22.0 Å². The smallest absolute Gasteiger partial charge is 0.281 e. The van der Waals surface area contributed by atoms with Crippen LogP contribution in [0.2, 0.25) is 0 Å². The van der Waals surface area contributed by atoms with Crippen LogP contribution in [-0.4, -0.2) is 38.9 Å². The molecular formula is C30H24FN5O5. The van der Waals surface area contributed by atoms with E-state index in [9.17, 15) is 14.0 Å². The number of carbonyl (C=O) groups is 1. The van der Waals surface area contributed by atoms with E-state index in [2.05, 4.69) is 20.4 Å². The number of rotatable bonds is 6. The minimum Gasteiger partial charge on any atom is -0.486 e. The normalized spacial score (nSPS) is 12.4. The fourth-order valence-electron chi connectivity index (χ4n) is 4.32. The lowest BCUT2D eigenvalue weighted by atomic mass is 10.1. The zero-order valence-electron chi connectivity index (χ0n) is 22.1. The van der Waals surface area contributed by atoms with Gasteiger partial charge in [-0.15, -0.1) is 0 Å². The molecule has 0 spiro atoms. The van der Waals surface area contributed by atoms with E-state index in [1.165, 1.54) is 35.1 Å². The topological polar surface area (TPSA) is 117 Å². The third kappa shape index (κ3) is 5.29. The van der Waals surface area contributed by atoms with Crippen LogP contribution in [0.5, 0.6) is 23.0 Å². The molecule has 0 atom stereocenters. The van der Waals surface area contributed by atoms with Gasteiger partial charge >= 0.3 is 0 Å². The Morgan fingerprint density at radius 2 is 1.78 bits per heavy atom. The summed E-state index contributed by atoms with van der Waals surface area (Å²) >= 11 is 0. The predicted molar refractivity (Wildman–Crippen MR) is 149 cm³/mol. The first kappa shape index (κ1) is 25.9. The standard InChI is InChI=1S/C30H24FN5O5/c1-17(2)36-16-22(18-3-5-19(31)6-4-18)29(37)28(35-36)30(38)34-27-8-7-20(15-33-27)41-24-9-10-32-23-14-26-25(13-21(23)24)39-11-12-40-26/h3-10,13-17H,11-12H2,1-2H3,(H,33,34,38). The number of pyridine rings is 2. The van der Waals surface area contributed by atoms with E-state index in [1.807, 2.05) is 19.9 Å². The van der Waals surface area contributed by atoms with E-state index in [4.69, 9.17) is 14.2 Å². The second kappa shape index (κ2) is 10.7. The number of hydrogen-bond donors (Lipinski definition) is 1. The van der Waals surface area contributed by atoms with Gasteiger partial charge in [-0.05, 0) is 55.8 Å². The largest absolute Gasteiger partial charge is 0.486 e. The van der Waals surface area contributed by atoms with Crippen molar-refractivity contribution in [1.29, 1.82) is 0 Å². The van der Waals surface area contributed by atoms with Crippen molar-refractivity contribution < 1.29 is 23.4 Å². The van der Waals surface area contributed by atoms with Crippen LogP contribution in [0, 0.1) is 5.82 Å². The Bertz CT molecular complexity index is 1820. The monoisotopic (exact) mass is 553 g/mol. The molecule has 0 bridgehead atoms. The Labute approximate surface area is 233 Å². The fourth-order valence-corrected chi connectivity index (χ4v) is 4.32. The van der Waals surface area contributed by atoms with Crippen LogP contribution < -0.4 is 25.0 Å². The molecule has 1 N–H and O–H groups in total. The Morgan fingerprint density at radius 1 is 1.02 bits per heavy atom. The number of nitrogens with one attached hydrogen (secondary N) is 1. The minimum absolute atomic E-state index is 0.134. The number of carbonyl (C=O) groups excluding carboxylic acids is 1. The lowest BCUT2D eigenvalue weighted by Gasteiger charge is -2.19. The lowest BCUT2D eigenvalue weighted by molar-refractivity contribution is 0.101. The molecular weight excluding hydrogens is 529 g/mol. The van der Waals surface area contributed by atoms with E-state index in [0.29, 0.717) is 47.3 Å². The third-order valence-electron chi connectivity index (χ3n) is 6.41. The van der Waals surface area contributed by atoms with Crippen molar-refractivity contribution in [2.75, 3.05) is 18.5 Å². The first-order valence-corrected chi connectivity index (χ1v) is 12.9. The summed E-state index contributed by atoms with van der Waals surface area (Å²) in [6, 6.07) is 13.9. The van der Waals surface area contributed by atoms with Crippen molar-refractivity contribution in [2.24, 2.45) is 0 Å². The summed E-state index contributed by atoms with van der Waals surface area (Å²) < 4.78 is 32.4. The van der Waals surface area contributed by atoms with Gasteiger partial charge in [0.05, 0.1) is 11.7 Å². The first-order chi connectivity index (χ1) is 19.9. The Hall–Kier alpha value is -5.32. The molecule has 5 aromatic rings. The van der Waals surface area contributed by atoms with Gasteiger partial charge in [-0.2, -0.15) is 5.10 Å². The van der Waals surface area contributed by atoms with E-state index in [0.717, 1.165) is 5.39 Å². The van der Waals surface area contributed by atoms with Gasteiger partial charge in [0, 0.05) is 35.5 Å². The SMILES string of the molecule is CC(C)n1cc(-c2ccc(F)cc2)c(=O)c(C(=O)Nc2ccc(Oc3ccnc4cc5c(cc34)OCCO5)cn2)n1. The molecule has 0 saturated heterocycles. The average Bonchev–Trinajstić information content (AvgIpc) is 2.98. The first-order valence-electron chi connectivity index (χ1n) is 12.9. The van der Waals surface area contributed by atoms with E-state index >= 15 is 0 Å². The quantitative estimate of drug-likeness (QED) is 0.298. The van der Waals surface area contributed by atoms with Gasteiger partial charge in [0.25, 0.3) is 5.91 Å². The zero-order valence-corrected chi connectivity index (χ0v) is 22.1. The van der Waals surface area contributed by atoms with Crippen molar-refractivity contribution in [1.82, 2.24) is 19.7 Å². The number of ether oxygens (including phenoxy) is 3. The highest BCUT2D eigenvalue weighted by atomic mass is 19.1. The number of fused-ring (bicyclic) bond motifs is 2. The molecule has 0 saturated carbocycles. The highest BCUT2D eigenvalue weighted by Crippen LogP contribution is 2.38. The van der Waals surface area contributed by atoms with Crippen molar-refractivity contribution in [3.8, 4) is 34.1 Å². The molecule has 1 amide bonds. The molecule has 0 radical (unpaired) electrons. The molecule has 3 aromatic heterocycles. The van der Waals surface area contributed by atoms with Gasteiger partial charge in [-0.1, -0.05) is 12.1 Å². The second-order valence-electron chi connectivity index (χ2n) is 9.56. The van der Waals surface area contributed by atoms with Gasteiger partial charge < -0.3 is 19.5 Å². The number of halogens is 1. The van der Waals surface area contributed by atoms with Crippen LogP contribution >= 0.6 is 0 Å². The van der Waals surface area contributed by atoms with Crippen molar-refractivity contribution in [2.45, 2.75) is 19.9 Å². The van der Waals surface area contributed by atoms with Crippen molar-refractivity contribution >= 4 is 22.6 Å². The molecule has 1 aliphatic rings. The number of benzene rings is 2. The van der Waals surface area contributed by atoms with Crippen LogP contribution in [0.3, 0.4) is 0 Å². The molecule has 10 nitrogen and oxygen atoms in total. The predicted octanol–water partition coefficient (Wildman–Crippen LogP) is 5.39. The third-order valence-corrected chi connectivity index (χ3v) is 6.41. The number of anilines is 1. The van der Waals surface area contributed by atoms with Crippen molar-refractivity contribution in [3.05, 3.63) is 94.9 Å². The summed E-state index contributed by atoms with van der Waals surface area (Å²) in [6.45, 7) is 4.68. The summed E-state index contributed by atoms with van der Waals surface area (Å²) in [6.07, 6.45) is 4.64. The molecule has 1 aliphatic heterocycles. The highest BCUT2D eigenvalue weighted by Gasteiger charge is 2.20. The maximum absolute atomic E-state index is 13.5. The van der Waals surface area contributed by atoms with Gasteiger partial charge in [0.15, 0.2) is 17.2 Å². The van der Waals surface area contributed by atoms with Gasteiger partial charge in [0.1, 0.15) is 36.3 Å².